The molecule has 2 atom stereocenters. The normalized spacial score (nSPS) is 14.7. The predicted octanol–water partition coefficient (Wildman–Crippen LogP) is 1.85. The highest BCUT2D eigenvalue weighted by atomic mass is 19.4. The number of nitrogens with zero attached hydrogens (tertiary/aromatic N) is 1. The third kappa shape index (κ3) is 5.19. The van der Waals surface area contributed by atoms with Crippen LogP contribution in [0.5, 0.6) is 5.75 Å². The molecule has 1 aromatic carbocycles. The van der Waals surface area contributed by atoms with Crippen LogP contribution >= 0.6 is 0 Å². The Morgan fingerprint density at radius 2 is 1.95 bits per heavy atom. The van der Waals surface area contributed by atoms with Gasteiger partial charge in [0.15, 0.2) is 0 Å². The Hall–Kier alpha value is -1.80. The molecule has 2 unspecified atom stereocenters. The number of ether oxygens (including phenoxy) is 1. The first-order valence-electron chi connectivity index (χ1n) is 6.53. The van der Waals surface area contributed by atoms with Gasteiger partial charge in [-0.05, 0) is 26.1 Å². The van der Waals surface area contributed by atoms with E-state index in [0.717, 1.165) is 6.07 Å². The molecule has 1 aromatic rings. The van der Waals surface area contributed by atoms with Crippen molar-refractivity contribution in [1.29, 1.82) is 0 Å². The number of alkyl halides is 3. The fourth-order valence-corrected chi connectivity index (χ4v) is 1.74. The van der Waals surface area contributed by atoms with Gasteiger partial charge in [-0.3, -0.25) is 9.69 Å². The fourth-order valence-electron chi connectivity index (χ4n) is 1.74. The molecule has 0 aromatic heterocycles. The van der Waals surface area contributed by atoms with Crippen molar-refractivity contribution in [3.63, 3.8) is 0 Å². The molecule has 0 aliphatic rings. The van der Waals surface area contributed by atoms with Crippen molar-refractivity contribution in [1.82, 2.24) is 4.90 Å². The molecule has 5 nitrogen and oxygen atoms in total. The van der Waals surface area contributed by atoms with Crippen LogP contribution in [-0.4, -0.2) is 53.4 Å². The van der Waals surface area contributed by atoms with Crippen LogP contribution in [0.4, 0.5) is 13.2 Å². The van der Waals surface area contributed by atoms with Gasteiger partial charge in [0.1, 0.15) is 24.5 Å². The number of aliphatic carboxylic acids is 1. The number of carboxylic acids is 1. The number of hydrogen-bond acceptors (Lipinski definition) is 4. The molecule has 0 saturated carbocycles. The number of benzene rings is 1. The van der Waals surface area contributed by atoms with Gasteiger partial charge < -0.3 is 14.9 Å². The van der Waals surface area contributed by atoms with Crippen LogP contribution in [-0.2, 0) is 11.0 Å². The molecule has 124 valence electrons. The first-order valence-corrected chi connectivity index (χ1v) is 6.53. The minimum absolute atomic E-state index is 0.0400. The summed E-state index contributed by atoms with van der Waals surface area (Å²) in [5.41, 5.74) is -0.922. The van der Waals surface area contributed by atoms with Crippen LogP contribution in [0.3, 0.4) is 0 Å². The molecule has 0 amide bonds. The molecule has 0 heterocycles. The summed E-state index contributed by atoms with van der Waals surface area (Å²) in [6.45, 7) is 1.03. The lowest BCUT2D eigenvalue weighted by Gasteiger charge is -2.24. The number of aliphatic hydroxyl groups excluding tert-OH is 1. The van der Waals surface area contributed by atoms with Gasteiger partial charge in [-0.2, -0.15) is 13.2 Å². The Balaban J connectivity index is 2.62. The molecule has 22 heavy (non-hydrogen) atoms. The molecule has 0 aliphatic heterocycles. The van der Waals surface area contributed by atoms with E-state index >= 15 is 0 Å². The summed E-state index contributed by atoms with van der Waals surface area (Å²) in [5, 5.41) is 18.6. The van der Waals surface area contributed by atoms with E-state index in [4.69, 9.17) is 9.84 Å². The van der Waals surface area contributed by atoms with Gasteiger partial charge in [-0.15, -0.1) is 0 Å². The number of halogens is 3. The first kappa shape index (κ1) is 18.2. The Labute approximate surface area is 125 Å². The third-order valence-electron chi connectivity index (χ3n) is 3.14. The standard InChI is InChI=1S/C14H18F3NO4/c1-9(13(20)21)18(2)7-10(19)8-22-12-6-4-3-5-11(12)14(15,16)17/h3-6,9-10,19H,7-8H2,1-2H3,(H,20,21). The maximum absolute atomic E-state index is 12.8. The topological polar surface area (TPSA) is 70.0 Å². The van der Waals surface area contributed by atoms with Gasteiger partial charge >= 0.3 is 12.1 Å². The average Bonchev–Trinajstić information content (AvgIpc) is 2.43. The quantitative estimate of drug-likeness (QED) is 0.802. The number of carboxylic acid groups (broad SMARTS) is 1. The van der Waals surface area contributed by atoms with Crippen LogP contribution in [0.1, 0.15) is 12.5 Å². The van der Waals surface area contributed by atoms with Gasteiger partial charge in [0, 0.05) is 6.54 Å². The minimum Gasteiger partial charge on any atom is -0.490 e. The van der Waals surface area contributed by atoms with Crippen molar-refractivity contribution >= 4 is 5.97 Å². The molecule has 0 spiro atoms. The van der Waals surface area contributed by atoms with Crippen LogP contribution in [0, 0.1) is 0 Å². The van der Waals surface area contributed by atoms with Crippen molar-refractivity contribution < 1.29 is 32.9 Å². The molecule has 1 rings (SSSR count). The Kier molecular flexibility index (Phi) is 6.19. The van der Waals surface area contributed by atoms with Gasteiger partial charge in [-0.25, -0.2) is 0 Å². The summed E-state index contributed by atoms with van der Waals surface area (Å²) >= 11 is 0. The molecule has 0 aliphatic carbocycles. The molecular weight excluding hydrogens is 303 g/mol. The van der Waals surface area contributed by atoms with Crippen molar-refractivity contribution in [2.45, 2.75) is 25.2 Å². The van der Waals surface area contributed by atoms with Gasteiger partial charge in [0.2, 0.25) is 0 Å². The zero-order valence-corrected chi connectivity index (χ0v) is 12.2. The van der Waals surface area contributed by atoms with E-state index in [2.05, 4.69) is 0 Å². The number of rotatable bonds is 7. The van der Waals surface area contributed by atoms with Crippen molar-refractivity contribution in [3.05, 3.63) is 29.8 Å². The molecule has 8 heteroatoms. The molecular formula is C14H18F3NO4. The lowest BCUT2D eigenvalue weighted by atomic mass is 10.2. The largest absolute Gasteiger partial charge is 0.490 e. The Bertz CT molecular complexity index is 507. The van der Waals surface area contributed by atoms with Crippen molar-refractivity contribution in [3.8, 4) is 5.75 Å². The highest BCUT2D eigenvalue weighted by molar-refractivity contribution is 5.72. The molecule has 0 fully saturated rings. The molecule has 0 bridgehead atoms. The van der Waals surface area contributed by atoms with E-state index in [9.17, 15) is 23.1 Å². The smallest absolute Gasteiger partial charge is 0.419 e. The summed E-state index contributed by atoms with van der Waals surface area (Å²) in [5.74, 6) is -1.43. The second-order valence-corrected chi connectivity index (χ2v) is 4.91. The number of likely N-dealkylation sites (N-methyl/N-ethyl adjacent to an activating group) is 1. The molecule has 0 saturated heterocycles. The van der Waals surface area contributed by atoms with Gasteiger partial charge in [0.05, 0.1) is 5.56 Å². The van der Waals surface area contributed by atoms with E-state index in [1.807, 2.05) is 0 Å². The summed E-state index contributed by atoms with van der Waals surface area (Å²) in [4.78, 5) is 12.1. The van der Waals surface area contributed by atoms with Gasteiger partial charge in [-0.1, -0.05) is 12.1 Å². The Morgan fingerprint density at radius 3 is 2.50 bits per heavy atom. The predicted molar refractivity (Wildman–Crippen MR) is 72.7 cm³/mol. The highest BCUT2D eigenvalue weighted by Crippen LogP contribution is 2.35. The van der Waals surface area contributed by atoms with Crippen LogP contribution in [0.2, 0.25) is 0 Å². The average molecular weight is 321 g/mol. The zero-order valence-electron chi connectivity index (χ0n) is 12.2. The SMILES string of the molecule is CC(C(=O)O)N(C)CC(O)COc1ccccc1C(F)(F)F. The number of aliphatic hydroxyl groups is 1. The summed E-state index contributed by atoms with van der Waals surface area (Å²) in [6.07, 6.45) is -5.66. The second-order valence-electron chi connectivity index (χ2n) is 4.91. The maximum atomic E-state index is 12.8. The van der Waals surface area contributed by atoms with Crippen molar-refractivity contribution in [2.75, 3.05) is 20.2 Å². The van der Waals surface area contributed by atoms with E-state index in [1.165, 1.54) is 37.1 Å². The van der Waals surface area contributed by atoms with E-state index < -0.39 is 29.9 Å². The van der Waals surface area contributed by atoms with Crippen LogP contribution in [0.25, 0.3) is 0 Å². The molecule has 2 N–H and O–H groups in total. The van der Waals surface area contributed by atoms with Crippen LogP contribution in [0.15, 0.2) is 24.3 Å². The van der Waals surface area contributed by atoms with E-state index in [1.54, 1.807) is 0 Å². The highest BCUT2D eigenvalue weighted by Gasteiger charge is 2.34. The molecule has 0 radical (unpaired) electrons. The lowest BCUT2D eigenvalue weighted by Crippen LogP contribution is -2.42. The maximum Gasteiger partial charge on any atom is 0.419 e. The first-order chi connectivity index (χ1) is 10.1. The summed E-state index contributed by atoms with van der Waals surface area (Å²) in [6, 6.07) is 3.88. The number of carbonyl (C=O) groups is 1. The van der Waals surface area contributed by atoms with E-state index in [-0.39, 0.29) is 18.9 Å². The monoisotopic (exact) mass is 321 g/mol. The zero-order chi connectivity index (χ0) is 16.9. The van der Waals surface area contributed by atoms with Crippen molar-refractivity contribution in [2.24, 2.45) is 0 Å². The van der Waals surface area contributed by atoms with E-state index in [0.29, 0.717) is 0 Å². The lowest BCUT2D eigenvalue weighted by molar-refractivity contribution is -0.143. The Morgan fingerprint density at radius 1 is 1.36 bits per heavy atom. The van der Waals surface area contributed by atoms with Crippen LogP contribution < -0.4 is 4.74 Å². The minimum atomic E-state index is -4.55. The fraction of sp³-hybridized carbons (Fsp3) is 0.500. The third-order valence-corrected chi connectivity index (χ3v) is 3.14. The summed E-state index contributed by atoms with van der Waals surface area (Å²) in [7, 11) is 1.49. The summed E-state index contributed by atoms with van der Waals surface area (Å²) < 4.78 is 43.3. The number of hydrogen-bond donors (Lipinski definition) is 2. The number of para-hydroxylation sites is 1. The van der Waals surface area contributed by atoms with Gasteiger partial charge in [0.25, 0.3) is 0 Å². The second kappa shape index (κ2) is 7.46.